The van der Waals surface area contributed by atoms with Crippen LogP contribution in [-0.2, 0) is 24.4 Å². The lowest BCUT2D eigenvalue weighted by atomic mass is 10.2. The molecule has 0 aliphatic rings. The molecule has 1 amide bonds. The number of nitrogens with zero attached hydrogens (tertiary/aromatic N) is 4. The number of thiazole rings is 1. The molecular weight excluding hydrogens is 409 g/mol. The van der Waals surface area contributed by atoms with Gasteiger partial charge in [0.1, 0.15) is 0 Å². The average Bonchev–Trinajstić information content (AvgIpc) is 3.14. The molecule has 0 radical (unpaired) electrons. The molecule has 1 aromatic carbocycles. The van der Waals surface area contributed by atoms with Gasteiger partial charge in [-0.2, -0.15) is 0 Å². The first-order valence-corrected chi connectivity index (χ1v) is 9.64. The minimum atomic E-state index is -0.238. The summed E-state index contributed by atoms with van der Waals surface area (Å²) in [6.45, 7) is 4.03. The summed E-state index contributed by atoms with van der Waals surface area (Å²) in [5.74, 6) is -0.238. The summed E-state index contributed by atoms with van der Waals surface area (Å²) < 4.78 is 1.71. The first-order valence-electron chi connectivity index (χ1n) is 8.07. The molecule has 10 heteroatoms. The quantitative estimate of drug-likeness (QED) is 0.631. The molecule has 27 heavy (non-hydrogen) atoms. The van der Waals surface area contributed by atoms with Crippen LogP contribution < -0.4 is 5.32 Å². The van der Waals surface area contributed by atoms with E-state index in [-0.39, 0.29) is 18.9 Å². The second-order valence-electron chi connectivity index (χ2n) is 5.94. The van der Waals surface area contributed by atoms with Gasteiger partial charge in [-0.1, -0.05) is 45.8 Å². The van der Waals surface area contributed by atoms with E-state index >= 15 is 0 Å². The number of amides is 1. The predicted octanol–water partition coefficient (Wildman–Crippen LogP) is 3.38. The maximum atomic E-state index is 12.3. The summed E-state index contributed by atoms with van der Waals surface area (Å²) in [6.07, 6.45) is 0.0836. The van der Waals surface area contributed by atoms with E-state index < -0.39 is 0 Å². The van der Waals surface area contributed by atoms with Gasteiger partial charge in [-0.25, -0.2) is 9.67 Å². The van der Waals surface area contributed by atoms with Gasteiger partial charge in [-0.15, -0.1) is 5.10 Å². The Kier molecular flexibility index (Phi) is 6.11. The number of aromatic nitrogens is 4. The maximum Gasteiger partial charge on any atom is 0.232 e. The predicted molar refractivity (Wildman–Crippen MR) is 105 cm³/mol. The summed E-state index contributed by atoms with van der Waals surface area (Å²) in [5, 5.41) is 21.6. The van der Waals surface area contributed by atoms with Crippen LogP contribution in [-0.4, -0.2) is 31.0 Å². The smallest absolute Gasteiger partial charge is 0.232 e. The van der Waals surface area contributed by atoms with Gasteiger partial charge in [0.05, 0.1) is 51.6 Å². The highest BCUT2D eigenvalue weighted by Crippen LogP contribution is 2.24. The Balaban J connectivity index is 1.67. The lowest BCUT2D eigenvalue weighted by Crippen LogP contribution is -2.15. The third-order valence-corrected chi connectivity index (χ3v) is 5.80. The number of aliphatic hydroxyl groups excluding tert-OH is 1. The van der Waals surface area contributed by atoms with Crippen molar-refractivity contribution in [2.24, 2.45) is 0 Å². The number of aryl methyl sites for hydroxylation is 1. The zero-order chi connectivity index (χ0) is 19.6. The Morgan fingerprint density at radius 1 is 1.30 bits per heavy atom. The fourth-order valence-electron chi connectivity index (χ4n) is 2.46. The third-order valence-electron chi connectivity index (χ3n) is 4.01. The summed E-state index contributed by atoms with van der Waals surface area (Å²) >= 11 is 13.2. The lowest BCUT2D eigenvalue weighted by molar-refractivity contribution is -0.115. The molecule has 3 aromatic rings. The van der Waals surface area contributed by atoms with Crippen LogP contribution in [0.3, 0.4) is 0 Å². The Morgan fingerprint density at radius 2 is 2.07 bits per heavy atom. The fourth-order valence-corrected chi connectivity index (χ4v) is 3.62. The molecule has 0 aliphatic carbocycles. The number of rotatable bonds is 6. The van der Waals surface area contributed by atoms with Crippen molar-refractivity contribution in [2.75, 3.05) is 5.32 Å². The van der Waals surface area contributed by atoms with Crippen molar-refractivity contribution in [3.63, 3.8) is 0 Å². The molecule has 2 aromatic heterocycles. The molecule has 0 spiro atoms. The van der Waals surface area contributed by atoms with Gasteiger partial charge < -0.3 is 10.4 Å². The van der Waals surface area contributed by atoms with Crippen LogP contribution in [0, 0.1) is 13.8 Å². The molecule has 0 unspecified atom stereocenters. The second kappa shape index (κ2) is 8.35. The van der Waals surface area contributed by atoms with Crippen LogP contribution >= 0.6 is 34.5 Å². The average molecular weight is 426 g/mol. The van der Waals surface area contributed by atoms with Crippen LogP contribution in [0.2, 0.25) is 10.0 Å². The molecule has 0 bridgehead atoms. The Labute approximate surface area is 170 Å². The van der Waals surface area contributed by atoms with Crippen molar-refractivity contribution in [3.8, 4) is 0 Å². The molecule has 142 valence electrons. The summed E-state index contributed by atoms with van der Waals surface area (Å²) in [7, 11) is 0. The first kappa shape index (κ1) is 19.8. The number of halogens is 2. The van der Waals surface area contributed by atoms with Crippen molar-refractivity contribution in [2.45, 2.75) is 33.4 Å². The van der Waals surface area contributed by atoms with Crippen molar-refractivity contribution in [1.29, 1.82) is 0 Å². The Bertz CT molecular complexity index is 986. The number of benzene rings is 1. The highest BCUT2D eigenvalue weighted by atomic mass is 35.5. The molecule has 2 N–H and O–H groups in total. The molecule has 0 saturated carbocycles. The molecular formula is C17H17Cl2N5O2S. The van der Waals surface area contributed by atoms with Crippen LogP contribution in [0.5, 0.6) is 0 Å². The van der Waals surface area contributed by atoms with E-state index in [0.29, 0.717) is 33.1 Å². The van der Waals surface area contributed by atoms with Gasteiger partial charge in [0.15, 0.2) is 5.13 Å². The summed E-state index contributed by atoms with van der Waals surface area (Å²) in [4.78, 5) is 17.2. The normalized spacial score (nSPS) is 11.0. The second-order valence-corrected chi connectivity index (χ2v) is 7.84. The topological polar surface area (TPSA) is 92.9 Å². The molecule has 0 saturated heterocycles. The van der Waals surface area contributed by atoms with Crippen molar-refractivity contribution in [1.82, 2.24) is 20.0 Å². The van der Waals surface area contributed by atoms with Crippen LogP contribution in [0.4, 0.5) is 5.13 Å². The Morgan fingerprint density at radius 3 is 2.74 bits per heavy atom. The monoisotopic (exact) mass is 425 g/mol. The van der Waals surface area contributed by atoms with Gasteiger partial charge >= 0.3 is 0 Å². The number of hydrogen-bond acceptors (Lipinski definition) is 6. The largest absolute Gasteiger partial charge is 0.391 e. The number of aliphatic hydroxyl groups is 1. The van der Waals surface area contributed by atoms with Crippen LogP contribution in [0.1, 0.15) is 27.5 Å². The molecule has 2 heterocycles. The number of nitrogens with one attached hydrogen (secondary N) is 1. The highest BCUT2D eigenvalue weighted by molar-refractivity contribution is 7.15. The molecule has 0 fully saturated rings. The van der Waals surface area contributed by atoms with E-state index in [9.17, 15) is 9.90 Å². The minimum absolute atomic E-state index is 0.0836. The number of carbonyl (C=O) groups is 1. The number of hydrogen-bond donors (Lipinski definition) is 2. The zero-order valence-corrected chi connectivity index (χ0v) is 17.0. The Hall–Kier alpha value is -2.00. The molecule has 7 nitrogen and oxygen atoms in total. The van der Waals surface area contributed by atoms with Crippen LogP contribution in [0.25, 0.3) is 0 Å². The first-order chi connectivity index (χ1) is 12.9. The van der Waals surface area contributed by atoms with Crippen molar-refractivity contribution in [3.05, 3.63) is 55.8 Å². The van der Waals surface area contributed by atoms with E-state index in [0.717, 1.165) is 16.1 Å². The highest BCUT2D eigenvalue weighted by Gasteiger charge is 2.15. The van der Waals surface area contributed by atoms with E-state index in [4.69, 9.17) is 23.2 Å². The van der Waals surface area contributed by atoms with Gasteiger partial charge in [-0.05, 0) is 31.5 Å². The fraction of sp³-hybridized carbons (Fsp3) is 0.294. The van der Waals surface area contributed by atoms with E-state index in [2.05, 4.69) is 20.6 Å². The van der Waals surface area contributed by atoms with Crippen LogP contribution in [0.15, 0.2) is 18.2 Å². The number of carbonyl (C=O) groups excluding carboxylic acids is 1. The van der Waals surface area contributed by atoms with Crippen molar-refractivity contribution < 1.29 is 9.90 Å². The maximum absolute atomic E-state index is 12.3. The summed E-state index contributed by atoms with van der Waals surface area (Å²) in [6, 6.07) is 5.38. The number of anilines is 1. The zero-order valence-electron chi connectivity index (χ0n) is 14.7. The van der Waals surface area contributed by atoms with E-state index in [1.165, 1.54) is 11.3 Å². The van der Waals surface area contributed by atoms with E-state index in [1.54, 1.807) is 23.7 Å². The summed E-state index contributed by atoms with van der Waals surface area (Å²) in [5.41, 5.74) is 3.02. The van der Waals surface area contributed by atoms with E-state index in [1.807, 2.05) is 13.0 Å². The minimum Gasteiger partial charge on any atom is -0.391 e. The molecule has 0 atom stereocenters. The molecule has 3 rings (SSSR count). The lowest BCUT2D eigenvalue weighted by Gasteiger charge is -2.06. The standard InChI is InChI=1S/C17H17Cl2N5O2S/c1-9-15(8-25)27-17(20-9)21-16(26)6-14-10(2)24(23-22-14)7-11-3-4-12(18)13(19)5-11/h3-5,25H,6-8H2,1-2H3,(H,20,21,26). The van der Waals surface area contributed by atoms with Gasteiger partial charge in [0.25, 0.3) is 0 Å². The van der Waals surface area contributed by atoms with Gasteiger partial charge in [-0.3, -0.25) is 4.79 Å². The van der Waals surface area contributed by atoms with Gasteiger partial charge in [0, 0.05) is 0 Å². The molecule has 0 aliphatic heterocycles. The third kappa shape index (κ3) is 4.65. The van der Waals surface area contributed by atoms with Gasteiger partial charge in [0.2, 0.25) is 5.91 Å². The van der Waals surface area contributed by atoms with Crippen molar-refractivity contribution >= 4 is 45.6 Å². The SMILES string of the molecule is Cc1nc(NC(=O)Cc2nnn(Cc3ccc(Cl)c(Cl)c3)c2C)sc1CO.